The van der Waals surface area contributed by atoms with Crippen LogP contribution in [0.5, 0.6) is 0 Å². The first-order valence-electron chi connectivity index (χ1n) is 7.90. The van der Waals surface area contributed by atoms with Crippen molar-refractivity contribution in [1.29, 1.82) is 0 Å². The number of hydrogen-bond acceptors (Lipinski definition) is 2. The predicted octanol–water partition coefficient (Wildman–Crippen LogP) is 3.89. The van der Waals surface area contributed by atoms with E-state index in [-0.39, 0.29) is 0 Å². The van der Waals surface area contributed by atoms with Gasteiger partial charge in [0.2, 0.25) is 0 Å². The highest BCUT2D eigenvalue weighted by Crippen LogP contribution is 2.24. The number of fused-ring (bicyclic) bond motifs is 1. The van der Waals surface area contributed by atoms with Gasteiger partial charge in [-0.1, -0.05) is 19.4 Å². The SMILES string of the molecule is CCc1ccc2nc(CN3C(C)CCCC3C)[nH]c2c1. The average molecular weight is 271 g/mol. The van der Waals surface area contributed by atoms with E-state index in [0.717, 1.165) is 24.3 Å². The fraction of sp³-hybridized carbons (Fsp3) is 0.588. The third-order valence-electron chi connectivity index (χ3n) is 4.71. The molecule has 108 valence electrons. The van der Waals surface area contributed by atoms with Crippen LogP contribution in [0.3, 0.4) is 0 Å². The lowest BCUT2D eigenvalue weighted by Crippen LogP contribution is -2.43. The van der Waals surface area contributed by atoms with Gasteiger partial charge >= 0.3 is 0 Å². The Morgan fingerprint density at radius 1 is 1.25 bits per heavy atom. The fourth-order valence-corrected chi connectivity index (χ4v) is 3.36. The van der Waals surface area contributed by atoms with Crippen LogP contribution >= 0.6 is 0 Å². The van der Waals surface area contributed by atoms with E-state index in [2.05, 4.69) is 48.9 Å². The molecule has 1 saturated heterocycles. The Morgan fingerprint density at radius 2 is 2.00 bits per heavy atom. The molecule has 1 aromatic carbocycles. The van der Waals surface area contributed by atoms with Crippen molar-refractivity contribution in [2.45, 2.75) is 65.1 Å². The standard InChI is InChI=1S/C17H25N3/c1-4-14-8-9-15-16(10-14)19-17(18-15)11-20-12(2)6-5-7-13(20)3/h8-10,12-13H,4-7,11H2,1-3H3,(H,18,19). The Hall–Kier alpha value is -1.35. The molecule has 3 rings (SSSR count). The highest BCUT2D eigenvalue weighted by molar-refractivity contribution is 5.75. The molecule has 20 heavy (non-hydrogen) atoms. The second-order valence-electron chi connectivity index (χ2n) is 6.19. The smallest absolute Gasteiger partial charge is 0.121 e. The van der Waals surface area contributed by atoms with Gasteiger partial charge in [-0.15, -0.1) is 0 Å². The molecule has 1 aliphatic rings. The first-order chi connectivity index (χ1) is 9.67. The van der Waals surface area contributed by atoms with Crippen LogP contribution in [0, 0.1) is 0 Å². The van der Waals surface area contributed by atoms with Crippen LogP contribution in [0.25, 0.3) is 11.0 Å². The number of H-pyrrole nitrogens is 1. The molecule has 0 saturated carbocycles. The second kappa shape index (κ2) is 5.57. The number of aryl methyl sites for hydroxylation is 1. The van der Waals surface area contributed by atoms with Crippen LogP contribution < -0.4 is 0 Å². The topological polar surface area (TPSA) is 31.9 Å². The number of piperidine rings is 1. The maximum Gasteiger partial charge on any atom is 0.121 e. The van der Waals surface area contributed by atoms with Gasteiger partial charge in [0, 0.05) is 12.1 Å². The van der Waals surface area contributed by atoms with Crippen molar-refractivity contribution in [1.82, 2.24) is 14.9 Å². The van der Waals surface area contributed by atoms with E-state index in [9.17, 15) is 0 Å². The second-order valence-corrected chi connectivity index (χ2v) is 6.19. The minimum absolute atomic E-state index is 0.665. The molecule has 2 atom stereocenters. The number of nitrogens with zero attached hydrogens (tertiary/aromatic N) is 2. The highest BCUT2D eigenvalue weighted by Gasteiger charge is 2.25. The van der Waals surface area contributed by atoms with Gasteiger partial charge in [-0.25, -0.2) is 4.98 Å². The van der Waals surface area contributed by atoms with E-state index < -0.39 is 0 Å². The first kappa shape index (κ1) is 13.6. The Labute approximate surface area is 121 Å². The molecule has 1 N–H and O–H groups in total. The molecule has 1 aromatic heterocycles. The summed E-state index contributed by atoms with van der Waals surface area (Å²) in [5, 5.41) is 0. The number of likely N-dealkylation sites (tertiary alicyclic amines) is 1. The van der Waals surface area contributed by atoms with Gasteiger partial charge in [0.15, 0.2) is 0 Å². The van der Waals surface area contributed by atoms with Crippen molar-refractivity contribution < 1.29 is 0 Å². The third-order valence-corrected chi connectivity index (χ3v) is 4.71. The lowest BCUT2D eigenvalue weighted by molar-refractivity contribution is 0.0926. The predicted molar refractivity (Wildman–Crippen MR) is 83.8 cm³/mol. The number of hydrogen-bond donors (Lipinski definition) is 1. The van der Waals surface area contributed by atoms with Crippen LogP contribution in [0.4, 0.5) is 0 Å². The molecule has 2 unspecified atom stereocenters. The summed E-state index contributed by atoms with van der Waals surface area (Å²) in [6, 6.07) is 7.88. The lowest BCUT2D eigenvalue weighted by atomic mass is 9.98. The Bertz CT molecular complexity index is 577. The number of aromatic amines is 1. The number of rotatable bonds is 3. The van der Waals surface area contributed by atoms with Crippen molar-refractivity contribution in [3.05, 3.63) is 29.6 Å². The molecule has 0 radical (unpaired) electrons. The highest BCUT2D eigenvalue weighted by atomic mass is 15.2. The number of benzene rings is 1. The fourth-order valence-electron chi connectivity index (χ4n) is 3.36. The Kier molecular flexibility index (Phi) is 3.79. The number of nitrogens with one attached hydrogen (secondary N) is 1. The van der Waals surface area contributed by atoms with Gasteiger partial charge in [0.1, 0.15) is 5.82 Å². The summed E-state index contributed by atoms with van der Waals surface area (Å²) in [4.78, 5) is 10.8. The van der Waals surface area contributed by atoms with Gasteiger partial charge in [-0.2, -0.15) is 0 Å². The number of aromatic nitrogens is 2. The van der Waals surface area contributed by atoms with Crippen LogP contribution in [-0.4, -0.2) is 27.0 Å². The van der Waals surface area contributed by atoms with E-state index in [0.29, 0.717) is 12.1 Å². The molecular weight excluding hydrogens is 246 g/mol. The van der Waals surface area contributed by atoms with E-state index >= 15 is 0 Å². The zero-order valence-electron chi connectivity index (χ0n) is 12.8. The molecule has 3 heteroatoms. The molecule has 1 fully saturated rings. The minimum Gasteiger partial charge on any atom is -0.341 e. The molecule has 2 heterocycles. The number of imidazole rings is 1. The summed E-state index contributed by atoms with van der Waals surface area (Å²) in [6.45, 7) is 7.81. The summed E-state index contributed by atoms with van der Waals surface area (Å²) in [5.74, 6) is 1.11. The van der Waals surface area contributed by atoms with Crippen molar-refractivity contribution in [3.8, 4) is 0 Å². The van der Waals surface area contributed by atoms with Crippen molar-refractivity contribution in [2.24, 2.45) is 0 Å². The lowest BCUT2D eigenvalue weighted by Gasteiger charge is -2.38. The van der Waals surface area contributed by atoms with Crippen molar-refractivity contribution in [3.63, 3.8) is 0 Å². The third kappa shape index (κ3) is 2.59. The van der Waals surface area contributed by atoms with Gasteiger partial charge in [0.25, 0.3) is 0 Å². The van der Waals surface area contributed by atoms with E-state index in [1.54, 1.807) is 0 Å². The Morgan fingerprint density at radius 3 is 2.70 bits per heavy atom. The normalized spacial score (nSPS) is 24.4. The minimum atomic E-state index is 0.665. The molecule has 2 aromatic rings. The zero-order chi connectivity index (χ0) is 14.1. The molecule has 0 spiro atoms. The maximum atomic E-state index is 4.75. The Balaban J connectivity index is 1.83. The molecular formula is C17H25N3. The average Bonchev–Trinajstić information content (AvgIpc) is 2.84. The van der Waals surface area contributed by atoms with Gasteiger partial charge < -0.3 is 4.98 Å². The van der Waals surface area contributed by atoms with Crippen LogP contribution in [0.2, 0.25) is 0 Å². The van der Waals surface area contributed by atoms with E-state index in [4.69, 9.17) is 4.98 Å². The van der Waals surface area contributed by atoms with Gasteiger partial charge in [-0.05, 0) is 50.8 Å². The molecule has 1 aliphatic heterocycles. The van der Waals surface area contributed by atoms with Crippen molar-refractivity contribution >= 4 is 11.0 Å². The monoisotopic (exact) mass is 271 g/mol. The quantitative estimate of drug-likeness (QED) is 0.918. The van der Waals surface area contributed by atoms with E-state index in [1.807, 2.05) is 0 Å². The summed E-state index contributed by atoms with van der Waals surface area (Å²) in [6.07, 6.45) is 5.05. The summed E-state index contributed by atoms with van der Waals surface area (Å²) in [7, 11) is 0. The molecule has 0 aliphatic carbocycles. The van der Waals surface area contributed by atoms with Crippen molar-refractivity contribution in [2.75, 3.05) is 0 Å². The summed E-state index contributed by atoms with van der Waals surface area (Å²) in [5.41, 5.74) is 3.64. The zero-order valence-corrected chi connectivity index (χ0v) is 12.8. The molecule has 0 bridgehead atoms. The van der Waals surface area contributed by atoms with Crippen LogP contribution in [0.15, 0.2) is 18.2 Å². The largest absolute Gasteiger partial charge is 0.341 e. The first-order valence-corrected chi connectivity index (χ1v) is 7.90. The summed E-state index contributed by atoms with van der Waals surface area (Å²) < 4.78 is 0. The van der Waals surface area contributed by atoms with Crippen LogP contribution in [0.1, 0.15) is 51.4 Å². The van der Waals surface area contributed by atoms with Crippen LogP contribution in [-0.2, 0) is 13.0 Å². The maximum absolute atomic E-state index is 4.75. The summed E-state index contributed by atoms with van der Waals surface area (Å²) >= 11 is 0. The van der Waals surface area contributed by atoms with E-state index in [1.165, 1.54) is 30.3 Å². The van der Waals surface area contributed by atoms with Gasteiger partial charge in [0.05, 0.1) is 17.6 Å². The molecule has 0 amide bonds. The van der Waals surface area contributed by atoms with Gasteiger partial charge in [-0.3, -0.25) is 4.90 Å². The molecule has 3 nitrogen and oxygen atoms in total.